The molecule has 0 heterocycles. The highest BCUT2D eigenvalue weighted by molar-refractivity contribution is 7.71. The minimum absolute atomic E-state index is 0.0662. The van der Waals surface area contributed by atoms with Crippen LogP contribution in [0.15, 0.2) is 24.3 Å². The number of aldehydes is 1. The molecule has 0 aliphatic carbocycles. The van der Waals surface area contributed by atoms with Gasteiger partial charge in [0, 0.05) is 6.42 Å². The number of benzene rings is 1. The van der Waals surface area contributed by atoms with E-state index in [0.717, 1.165) is 17.4 Å². The molecule has 0 N–H and O–H groups in total. The summed E-state index contributed by atoms with van der Waals surface area (Å²) in [5.41, 5.74) is 1.66. The number of thiol groups is 1. The van der Waals surface area contributed by atoms with E-state index >= 15 is 0 Å². The molecular formula is C9H10O3S. The maximum absolute atomic E-state index is 10.4. The van der Waals surface area contributed by atoms with Crippen molar-refractivity contribution in [2.75, 3.05) is 0 Å². The third-order valence-corrected chi connectivity index (χ3v) is 2.28. The van der Waals surface area contributed by atoms with E-state index in [9.17, 15) is 13.2 Å². The van der Waals surface area contributed by atoms with Gasteiger partial charge in [0.1, 0.15) is 17.0 Å². The Hall–Kier alpha value is -1.16. The molecule has 0 aliphatic heterocycles. The summed E-state index contributed by atoms with van der Waals surface area (Å²) < 4.78 is 20.7. The van der Waals surface area contributed by atoms with E-state index in [4.69, 9.17) is 0 Å². The van der Waals surface area contributed by atoms with Gasteiger partial charge in [-0.3, -0.25) is 0 Å². The van der Waals surface area contributed by atoms with Crippen molar-refractivity contribution in [1.82, 2.24) is 0 Å². The molecule has 4 heteroatoms. The molecule has 0 aromatic heterocycles. The molecule has 1 aromatic rings. The molecule has 0 fully saturated rings. The highest BCUT2D eigenvalue weighted by atomic mass is 32.2. The predicted molar refractivity (Wildman–Crippen MR) is 50.2 cm³/mol. The second-order valence-electron chi connectivity index (χ2n) is 2.68. The number of carbonyl (C=O) groups excluding carboxylic acids is 1. The van der Waals surface area contributed by atoms with Gasteiger partial charge in [-0.05, 0) is 11.1 Å². The molecular weight excluding hydrogens is 188 g/mol. The van der Waals surface area contributed by atoms with Gasteiger partial charge in [0.15, 0.2) is 0 Å². The largest absolute Gasteiger partial charge is 0.303 e. The molecule has 0 radical (unpaired) electrons. The number of rotatable bonds is 4. The lowest BCUT2D eigenvalue weighted by Crippen LogP contribution is -1.89. The average molecular weight is 198 g/mol. The van der Waals surface area contributed by atoms with Crippen molar-refractivity contribution in [3.63, 3.8) is 0 Å². The molecule has 70 valence electrons. The van der Waals surface area contributed by atoms with Crippen LogP contribution in [0.25, 0.3) is 0 Å². The SMILES string of the molecule is O=CCc1ccc(C[SH](=O)=O)cc1. The summed E-state index contributed by atoms with van der Waals surface area (Å²) in [4.78, 5) is 10.1. The normalized spacial score (nSPS) is 10.2. The lowest BCUT2D eigenvalue weighted by atomic mass is 10.1. The third-order valence-electron chi connectivity index (χ3n) is 1.65. The van der Waals surface area contributed by atoms with E-state index in [2.05, 4.69) is 0 Å². The zero-order chi connectivity index (χ0) is 9.68. The summed E-state index contributed by atoms with van der Waals surface area (Å²) in [5, 5.41) is 0. The molecule has 0 amide bonds. The van der Waals surface area contributed by atoms with Gasteiger partial charge < -0.3 is 4.79 Å². The first-order valence-electron chi connectivity index (χ1n) is 3.85. The van der Waals surface area contributed by atoms with E-state index in [0.29, 0.717) is 6.42 Å². The second kappa shape index (κ2) is 4.77. The minimum Gasteiger partial charge on any atom is -0.303 e. The maximum atomic E-state index is 10.4. The van der Waals surface area contributed by atoms with Crippen LogP contribution in [-0.4, -0.2) is 14.7 Å². The Morgan fingerprint density at radius 3 is 2.08 bits per heavy atom. The molecule has 3 nitrogen and oxygen atoms in total. The van der Waals surface area contributed by atoms with Crippen LogP contribution in [0.4, 0.5) is 0 Å². The Morgan fingerprint density at radius 1 is 1.08 bits per heavy atom. The molecule has 1 rings (SSSR count). The van der Waals surface area contributed by atoms with Gasteiger partial charge in [-0.25, -0.2) is 8.42 Å². The van der Waals surface area contributed by atoms with Gasteiger partial charge in [-0.2, -0.15) is 0 Å². The van der Waals surface area contributed by atoms with Crippen LogP contribution in [0.5, 0.6) is 0 Å². The van der Waals surface area contributed by atoms with Crippen LogP contribution in [0.3, 0.4) is 0 Å². The first-order valence-corrected chi connectivity index (χ1v) is 5.22. The summed E-state index contributed by atoms with van der Waals surface area (Å²) >= 11 is 0. The van der Waals surface area contributed by atoms with Crippen molar-refractivity contribution in [3.8, 4) is 0 Å². The molecule has 0 atom stereocenters. The van der Waals surface area contributed by atoms with Crippen molar-refractivity contribution < 1.29 is 13.2 Å². The zero-order valence-corrected chi connectivity index (χ0v) is 7.87. The second-order valence-corrected chi connectivity index (χ2v) is 3.66. The van der Waals surface area contributed by atoms with Crippen LogP contribution in [0.2, 0.25) is 0 Å². The van der Waals surface area contributed by atoms with Gasteiger partial charge in [-0.15, -0.1) is 0 Å². The van der Waals surface area contributed by atoms with Gasteiger partial charge in [0.25, 0.3) is 0 Å². The quantitative estimate of drug-likeness (QED) is 0.567. The van der Waals surface area contributed by atoms with Crippen molar-refractivity contribution in [2.45, 2.75) is 12.2 Å². The molecule has 1 aromatic carbocycles. The summed E-state index contributed by atoms with van der Waals surface area (Å²) in [6.45, 7) is 0. The Bertz CT molecular complexity index is 344. The van der Waals surface area contributed by atoms with Crippen LogP contribution in [0, 0.1) is 0 Å². The van der Waals surface area contributed by atoms with Gasteiger partial charge in [0.05, 0.1) is 5.75 Å². The topological polar surface area (TPSA) is 51.2 Å². The summed E-state index contributed by atoms with van der Waals surface area (Å²) in [5.74, 6) is 0.0662. The summed E-state index contributed by atoms with van der Waals surface area (Å²) in [6.07, 6.45) is 1.20. The standard InChI is InChI=1S/C9H10O3S/c10-6-5-8-1-3-9(4-2-8)7-13(11)12/h1-4,6,13H,5,7H2. The van der Waals surface area contributed by atoms with Crippen molar-refractivity contribution in [2.24, 2.45) is 0 Å². The van der Waals surface area contributed by atoms with Gasteiger partial charge >= 0.3 is 0 Å². The number of hydrogen-bond donors (Lipinski definition) is 1. The van der Waals surface area contributed by atoms with E-state index < -0.39 is 10.7 Å². The molecule has 0 saturated carbocycles. The molecule has 0 aliphatic rings. The molecule has 0 bridgehead atoms. The third kappa shape index (κ3) is 3.38. The molecule has 13 heavy (non-hydrogen) atoms. The van der Waals surface area contributed by atoms with Gasteiger partial charge in [0.2, 0.25) is 0 Å². The lowest BCUT2D eigenvalue weighted by Gasteiger charge is -1.97. The van der Waals surface area contributed by atoms with E-state index in [1.165, 1.54) is 0 Å². The van der Waals surface area contributed by atoms with Gasteiger partial charge in [-0.1, -0.05) is 24.3 Å². The van der Waals surface area contributed by atoms with Crippen LogP contribution >= 0.6 is 0 Å². The minimum atomic E-state index is -2.36. The van der Waals surface area contributed by atoms with E-state index in [-0.39, 0.29) is 5.75 Å². The summed E-state index contributed by atoms with van der Waals surface area (Å²) in [7, 11) is -2.36. The number of carbonyl (C=O) groups is 1. The van der Waals surface area contributed by atoms with Crippen LogP contribution in [-0.2, 0) is 27.7 Å². The predicted octanol–water partition coefficient (Wildman–Crippen LogP) is 0.539. The molecule has 0 unspecified atom stereocenters. The number of hydrogen-bond acceptors (Lipinski definition) is 3. The Morgan fingerprint density at radius 2 is 1.62 bits per heavy atom. The zero-order valence-electron chi connectivity index (χ0n) is 6.97. The monoisotopic (exact) mass is 198 g/mol. The average Bonchev–Trinajstić information content (AvgIpc) is 2.08. The first-order chi connectivity index (χ1) is 6.22. The fourth-order valence-corrected chi connectivity index (χ4v) is 1.54. The van der Waals surface area contributed by atoms with Crippen molar-refractivity contribution in [1.29, 1.82) is 0 Å². The van der Waals surface area contributed by atoms with Crippen LogP contribution in [0.1, 0.15) is 11.1 Å². The van der Waals surface area contributed by atoms with E-state index in [1.807, 2.05) is 0 Å². The molecule has 0 saturated heterocycles. The Balaban J connectivity index is 2.74. The fraction of sp³-hybridized carbons (Fsp3) is 0.222. The maximum Gasteiger partial charge on any atom is 0.144 e. The summed E-state index contributed by atoms with van der Waals surface area (Å²) in [6, 6.07) is 6.99. The fourth-order valence-electron chi connectivity index (χ4n) is 1.03. The Kier molecular flexibility index (Phi) is 3.64. The Labute approximate surface area is 78.3 Å². The highest BCUT2D eigenvalue weighted by Gasteiger charge is 1.95. The molecule has 0 spiro atoms. The highest BCUT2D eigenvalue weighted by Crippen LogP contribution is 2.05. The van der Waals surface area contributed by atoms with Crippen molar-refractivity contribution in [3.05, 3.63) is 35.4 Å². The smallest absolute Gasteiger partial charge is 0.144 e. The van der Waals surface area contributed by atoms with Crippen molar-refractivity contribution >= 4 is 17.0 Å². The van der Waals surface area contributed by atoms with E-state index in [1.54, 1.807) is 24.3 Å². The van der Waals surface area contributed by atoms with Crippen LogP contribution < -0.4 is 0 Å². The lowest BCUT2D eigenvalue weighted by molar-refractivity contribution is -0.107. The first kappa shape index (κ1) is 9.92.